The Balaban J connectivity index is 0.000000686. The van der Waals surface area contributed by atoms with Gasteiger partial charge in [0.15, 0.2) is 0 Å². The molecule has 0 radical (unpaired) electrons. The summed E-state index contributed by atoms with van der Waals surface area (Å²) in [5.41, 5.74) is 4.50. The second kappa shape index (κ2) is 7.42. The van der Waals surface area contributed by atoms with E-state index in [2.05, 4.69) is 10.0 Å². The third kappa shape index (κ3) is 4.11. The third-order valence-electron chi connectivity index (χ3n) is 2.44. The van der Waals surface area contributed by atoms with Crippen molar-refractivity contribution in [2.75, 3.05) is 13.6 Å². The predicted molar refractivity (Wildman–Crippen MR) is 68.2 cm³/mol. The van der Waals surface area contributed by atoms with E-state index < -0.39 is 0 Å². The molecule has 0 aromatic heterocycles. The van der Waals surface area contributed by atoms with Crippen LogP contribution in [0.4, 0.5) is 4.39 Å². The fourth-order valence-corrected chi connectivity index (χ4v) is 2.69. The van der Waals surface area contributed by atoms with Gasteiger partial charge in [-0.15, -0.1) is 0 Å². The van der Waals surface area contributed by atoms with Crippen LogP contribution in [0.2, 0.25) is 0 Å². The number of carbonyl (C=O) groups is 1. The number of rotatable bonds is 3. The van der Waals surface area contributed by atoms with E-state index in [1.165, 1.54) is 31.1 Å². The summed E-state index contributed by atoms with van der Waals surface area (Å²) in [6, 6.07) is 6.36. The molecule has 2 rings (SSSR count). The van der Waals surface area contributed by atoms with Gasteiger partial charge in [0, 0.05) is 11.4 Å². The summed E-state index contributed by atoms with van der Waals surface area (Å²) in [6.07, 6.45) is 2.97. The molecule has 94 valence electrons. The van der Waals surface area contributed by atoms with Gasteiger partial charge in [0.1, 0.15) is 12.1 Å². The highest BCUT2D eigenvalue weighted by Gasteiger charge is 2.24. The highest BCUT2D eigenvalue weighted by molar-refractivity contribution is 7.97. The number of aldehydes is 1. The molecule has 1 aliphatic heterocycles. The zero-order valence-electron chi connectivity index (χ0n) is 9.80. The lowest BCUT2D eigenvalue weighted by Gasteiger charge is -2.18. The molecule has 0 bridgehead atoms. The minimum absolute atomic E-state index is 0.0139. The Morgan fingerprint density at radius 1 is 1.41 bits per heavy atom. The summed E-state index contributed by atoms with van der Waals surface area (Å²) < 4.78 is 14.7. The Morgan fingerprint density at radius 3 is 2.65 bits per heavy atom. The smallest absolute Gasteiger partial charge is 0.138 e. The van der Waals surface area contributed by atoms with Crippen LogP contribution in [-0.2, 0) is 4.79 Å². The van der Waals surface area contributed by atoms with E-state index in [-0.39, 0.29) is 11.9 Å². The van der Waals surface area contributed by atoms with E-state index in [1.54, 1.807) is 12.1 Å². The topological polar surface area (TPSA) is 46.3 Å². The van der Waals surface area contributed by atoms with Crippen LogP contribution in [-0.4, -0.2) is 30.2 Å². The van der Waals surface area contributed by atoms with Crippen molar-refractivity contribution in [2.45, 2.75) is 23.8 Å². The lowest BCUT2D eigenvalue weighted by Crippen LogP contribution is -2.23. The summed E-state index contributed by atoms with van der Waals surface area (Å²) in [7, 11) is 1.50. The van der Waals surface area contributed by atoms with Crippen molar-refractivity contribution in [3.05, 3.63) is 30.1 Å². The van der Waals surface area contributed by atoms with E-state index in [9.17, 15) is 9.18 Å². The third-order valence-corrected chi connectivity index (χ3v) is 3.61. The molecule has 1 heterocycles. The van der Waals surface area contributed by atoms with E-state index in [4.69, 9.17) is 0 Å². The number of halogens is 1. The van der Waals surface area contributed by atoms with Gasteiger partial charge in [0.25, 0.3) is 0 Å². The fourth-order valence-electron chi connectivity index (χ4n) is 1.65. The highest BCUT2D eigenvalue weighted by Crippen LogP contribution is 2.30. The van der Waals surface area contributed by atoms with Crippen molar-refractivity contribution in [2.24, 2.45) is 5.73 Å². The molecular formula is C12H17FN2OS. The van der Waals surface area contributed by atoms with Crippen LogP contribution in [0.1, 0.15) is 12.8 Å². The van der Waals surface area contributed by atoms with Crippen LogP contribution in [0.3, 0.4) is 0 Å². The molecule has 1 saturated heterocycles. The molecule has 5 heteroatoms. The Morgan fingerprint density at radius 2 is 2.06 bits per heavy atom. The molecule has 1 aliphatic rings. The number of nitrogens with zero attached hydrogens (tertiary/aromatic N) is 1. The normalized spacial score (nSPS) is 19.6. The Hall–Kier alpha value is -0.910. The van der Waals surface area contributed by atoms with Crippen LogP contribution in [0.15, 0.2) is 29.2 Å². The molecule has 1 unspecified atom stereocenters. The molecule has 0 spiro atoms. The van der Waals surface area contributed by atoms with Crippen molar-refractivity contribution in [3.8, 4) is 0 Å². The van der Waals surface area contributed by atoms with Gasteiger partial charge in [0.05, 0.1) is 6.04 Å². The van der Waals surface area contributed by atoms with Gasteiger partial charge in [0.2, 0.25) is 0 Å². The molecule has 17 heavy (non-hydrogen) atoms. The highest BCUT2D eigenvalue weighted by atomic mass is 32.2. The van der Waals surface area contributed by atoms with Crippen molar-refractivity contribution in [3.63, 3.8) is 0 Å². The van der Waals surface area contributed by atoms with Gasteiger partial charge >= 0.3 is 0 Å². The summed E-state index contributed by atoms with van der Waals surface area (Å²) >= 11 is 1.53. The SMILES string of the molecule is CN.O=CC1CCCN1Sc1ccc(F)cc1. The summed E-state index contributed by atoms with van der Waals surface area (Å²) in [5.74, 6) is -0.229. The van der Waals surface area contributed by atoms with E-state index >= 15 is 0 Å². The first kappa shape index (κ1) is 14.2. The number of nitrogens with two attached hydrogens (primary N) is 1. The maximum absolute atomic E-state index is 12.7. The zero-order valence-corrected chi connectivity index (χ0v) is 10.6. The minimum atomic E-state index is -0.229. The van der Waals surface area contributed by atoms with E-state index in [1.807, 2.05) is 0 Å². The fraction of sp³-hybridized carbons (Fsp3) is 0.417. The van der Waals surface area contributed by atoms with Crippen LogP contribution >= 0.6 is 11.9 Å². The van der Waals surface area contributed by atoms with Crippen LogP contribution < -0.4 is 5.73 Å². The monoisotopic (exact) mass is 256 g/mol. The predicted octanol–water partition coefficient (Wildman–Crippen LogP) is 2.07. The maximum Gasteiger partial charge on any atom is 0.138 e. The van der Waals surface area contributed by atoms with Gasteiger partial charge in [-0.3, -0.25) is 0 Å². The van der Waals surface area contributed by atoms with E-state index in [0.29, 0.717) is 0 Å². The number of hydrogen-bond acceptors (Lipinski definition) is 4. The maximum atomic E-state index is 12.7. The lowest BCUT2D eigenvalue weighted by atomic mass is 10.2. The average molecular weight is 256 g/mol. The number of hydrogen-bond donors (Lipinski definition) is 1. The zero-order chi connectivity index (χ0) is 12.7. The molecule has 1 atom stereocenters. The molecule has 1 aromatic carbocycles. The molecule has 1 aromatic rings. The second-order valence-corrected chi connectivity index (χ2v) is 4.65. The Labute approximate surface area is 105 Å². The van der Waals surface area contributed by atoms with Gasteiger partial charge in [-0.1, -0.05) is 0 Å². The molecule has 2 N–H and O–H groups in total. The number of benzene rings is 1. The number of carbonyl (C=O) groups excluding carboxylic acids is 1. The van der Waals surface area contributed by atoms with Crippen LogP contribution in [0.25, 0.3) is 0 Å². The first-order chi connectivity index (χ1) is 8.29. The van der Waals surface area contributed by atoms with Crippen molar-refractivity contribution >= 4 is 18.2 Å². The summed E-state index contributed by atoms with van der Waals surface area (Å²) in [5, 5.41) is 0. The molecule has 0 saturated carbocycles. The van der Waals surface area contributed by atoms with E-state index in [0.717, 1.165) is 30.6 Å². The molecule has 0 aliphatic carbocycles. The quantitative estimate of drug-likeness (QED) is 0.664. The molecule has 0 amide bonds. The van der Waals surface area contributed by atoms with Crippen molar-refractivity contribution in [1.29, 1.82) is 0 Å². The lowest BCUT2D eigenvalue weighted by molar-refractivity contribution is -0.110. The van der Waals surface area contributed by atoms with Gasteiger partial charge in [-0.05, 0) is 56.1 Å². The largest absolute Gasteiger partial charge is 0.333 e. The van der Waals surface area contributed by atoms with Crippen LogP contribution in [0, 0.1) is 5.82 Å². The Kier molecular flexibility index (Phi) is 6.18. The first-order valence-electron chi connectivity index (χ1n) is 5.53. The Bertz CT molecular complexity index is 345. The van der Waals surface area contributed by atoms with Gasteiger partial charge < -0.3 is 10.5 Å². The summed E-state index contributed by atoms with van der Waals surface area (Å²) in [6.45, 7) is 0.922. The summed E-state index contributed by atoms with van der Waals surface area (Å²) in [4.78, 5) is 11.7. The van der Waals surface area contributed by atoms with Crippen molar-refractivity contribution < 1.29 is 9.18 Å². The van der Waals surface area contributed by atoms with Gasteiger partial charge in [-0.25, -0.2) is 8.70 Å². The minimum Gasteiger partial charge on any atom is -0.333 e. The average Bonchev–Trinajstić information content (AvgIpc) is 2.82. The molecule has 1 fully saturated rings. The first-order valence-corrected chi connectivity index (χ1v) is 6.30. The van der Waals surface area contributed by atoms with Gasteiger partial charge in [-0.2, -0.15) is 0 Å². The van der Waals surface area contributed by atoms with Crippen LogP contribution in [0.5, 0.6) is 0 Å². The standard InChI is InChI=1S/C11H12FNOS.CH5N/c12-9-3-5-11(6-4-9)15-13-7-1-2-10(13)8-14;1-2/h3-6,8,10H,1-2,7H2;2H2,1H3. The second-order valence-electron chi connectivity index (χ2n) is 3.53. The molecular weight excluding hydrogens is 239 g/mol. The van der Waals surface area contributed by atoms with Crippen molar-refractivity contribution in [1.82, 2.24) is 4.31 Å². The molecule has 3 nitrogen and oxygen atoms in total.